The summed E-state index contributed by atoms with van der Waals surface area (Å²) < 4.78 is 30.4. The molecular weight excluding hydrogens is 399 g/mol. The molecule has 9 atom stereocenters. The van der Waals surface area contributed by atoms with Gasteiger partial charge in [0.1, 0.15) is 49.3 Å². The summed E-state index contributed by atoms with van der Waals surface area (Å²) in [5.74, 6) is -2.35. The summed E-state index contributed by atoms with van der Waals surface area (Å²) in [7, 11) is -4.93. The van der Waals surface area contributed by atoms with E-state index in [0.717, 1.165) is 0 Å². The second-order valence-electron chi connectivity index (χ2n) is 6.16. The quantitative estimate of drug-likeness (QED) is 0.174. The van der Waals surface area contributed by atoms with Gasteiger partial charge in [-0.2, -0.15) is 0 Å². The molecule has 0 saturated carbocycles. The highest BCUT2D eigenvalue weighted by atomic mass is 31.2. The maximum Gasteiger partial charge on any atom is 0.469 e. The molecule has 0 amide bonds. The molecule has 0 aliphatic carbocycles. The van der Waals surface area contributed by atoms with E-state index in [2.05, 4.69) is 4.52 Å². The van der Waals surface area contributed by atoms with Crippen LogP contribution in [0.3, 0.4) is 0 Å². The van der Waals surface area contributed by atoms with Crippen LogP contribution in [-0.2, 0) is 23.3 Å². The van der Waals surface area contributed by atoms with E-state index >= 15 is 0 Å². The maximum atomic E-state index is 10.8. The van der Waals surface area contributed by atoms with Crippen LogP contribution in [0, 0.1) is 0 Å². The van der Waals surface area contributed by atoms with Crippen LogP contribution in [0.15, 0.2) is 0 Å². The second-order valence-corrected chi connectivity index (χ2v) is 7.40. The van der Waals surface area contributed by atoms with Crippen molar-refractivity contribution in [3.05, 3.63) is 0 Å². The number of aliphatic hydroxyl groups excluding tert-OH is 7. The Morgan fingerprint density at radius 1 is 0.926 bits per heavy atom. The molecule has 0 spiro atoms. The molecule has 0 aromatic rings. The number of phosphoric ester groups is 1. The first kappa shape index (κ1) is 23.0. The third-order valence-electron chi connectivity index (χ3n) is 4.30. The van der Waals surface area contributed by atoms with Gasteiger partial charge in [0, 0.05) is 0 Å². The van der Waals surface area contributed by atoms with E-state index in [-0.39, 0.29) is 0 Å². The van der Waals surface area contributed by atoms with Crippen LogP contribution in [-0.4, -0.2) is 120 Å². The molecule has 1 unspecified atom stereocenters. The van der Waals surface area contributed by atoms with Crippen molar-refractivity contribution in [2.45, 2.75) is 54.8 Å². The molecular formula is C12H23O14P. The Bertz CT molecular complexity index is 542. The molecule has 2 rings (SSSR count). The van der Waals surface area contributed by atoms with Gasteiger partial charge < -0.3 is 59.7 Å². The van der Waals surface area contributed by atoms with Crippen molar-refractivity contribution in [3.8, 4) is 0 Å². The average molecular weight is 422 g/mol. The number of rotatable bonds is 7. The average Bonchev–Trinajstić information content (AvgIpc) is 2.85. The predicted octanol–water partition coefficient (Wildman–Crippen LogP) is -5.28. The predicted molar refractivity (Wildman–Crippen MR) is 79.6 cm³/mol. The first-order chi connectivity index (χ1) is 12.5. The van der Waals surface area contributed by atoms with Crippen LogP contribution in [0.25, 0.3) is 0 Å². The first-order valence-corrected chi connectivity index (χ1v) is 9.32. The molecule has 2 aliphatic heterocycles. The Hall–Kier alpha value is -0.290. The fourth-order valence-electron chi connectivity index (χ4n) is 2.79. The third kappa shape index (κ3) is 4.83. The smallest absolute Gasteiger partial charge is 0.394 e. The lowest BCUT2D eigenvalue weighted by Gasteiger charge is -2.43. The molecule has 27 heavy (non-hydrogen) atoms. The van der Waals surface area contributed by atoms with Crippen molar-refractivity contribution in [1.29, 1.82) is 0 Å². The van der Waals surface area contributed by atoms with E-state index in [9.17, 15) is 35.2 Å². The summed E-state index contributed by atoms with van der Waals surface area (Å²) >= 11 is 0. The van der Waals surface area contributed by atoms with Crippen LogP contribution in [0.1, 0.15) is 0 Å². The molecule has 9 N–H and O–H groups in total. The molecule has 0 radical (unpaired) electrons. The molecule has 2 fully saturated rings. The van der Waals surface area contributed by atoms with Crippen molar-refractivity contribution in [2.75, 3.05) is 19.8 Å². The van der Waals surface area contributed by atoms with Gasteiger partial charge in [-0.15, -0.1) is 0 Å². The molecule has 0 aromatic carbocycles. The lowest BCUT2D eigenvalue weighted by Crippen LogP contribution is -2.62. The number of phosphoric acid groups is 1. The minimum atomic E-state index is -4.93. The fourth-order valence-corrected chi connectivity index (χ4v) is 3.13. The summed E-state index contributed by atoms with van der Waals surface area (Å²) in [6.45, 7) is -2.69. The largest absolute Gasteiger partial charge is 0.469 e. The molecule has 0 aromatic heterocycles. The zero-order chi connectivity index (χ0) is 20.6. The van der Waals surface area contributed by atoms with Crippen molar-refractivity contribution in [1.82, 2.24) is 0 Å². The van der Waals surface area contributed by atoms with Gasteiger partial charge >= 0.3 is 7.82 Å². The Morgan fingerprint density at radius 2 is 1.56 bits per heavy atom. The van der Waals surface area contributed by atoms with Crippen molar-refractivity contribution in [3.63, 3.8) is 0 Å². The fraction of sp³-hybridized carbons (Fsp3) is 1.00. The summed E-state index contributed by atoms with van der Waals surface area (Å²) in [5.41, 5.74) is 0. The second kappa shape index (κ2) is 8.61. The molecule has 15 heteroatoms. The normalized spacial score (nSPS) is 46.0. The van der Waals surface area contributed by atoms with Crippen molar-refractivity contribution in [2.24, 2.45) is 0 Å². The molecule has 0 bridgehead atoms. The van der Waals surface area contributed by atoms with E-state index in [0.29, 0.717) is 0 Å². The van der Waals surface area contributed by atoms with Crippen molar-refractivity contribution < 1.29 is 68.8 Å². The maximum absolute atomic E-state index is 10.8. The van der Waals surface area contributed by atoms with Crippen LogP contribution in [0.5, 0.6) is 0 Å². The number of hydrogen-bond donors (Lipinski definition) is 9. The summed E-state index contributed by atoms with van der Waals surface area (Å²) in [4.78, 5) is 17.4. The highest BCUT2D eigenvalue weighted by Crippen LogP contribution is 2.38. The zero-order valence-corrected chi connectivity index (χ0v) is 14.6. The number of hydrogen-bond acceptors (Lipinski definition) is 12. The Kier molecular flexibility index (Phi) is 7.33. The minimum Gasteiger partial charge on any atom is -0.394 e. The molecule has 2 heterocycles. The minimum absolute atomic E-state index is 0.739. The monoisotopic (exact) mass is 422 g/mol. The van der Waals surface area contributed by atoms with E-state index in [1.807, 2.05) is 0 Å². The lowest BCUT2D eigenvalue weighted by molar-refractivity contribution is -0.383. The van der Waals surface area contributed by atoms with Gasteiger partial charge in [0.15, 0.2) is 6.29 Å². The Morgan fingerprint density at radius 3 is 2.04 bits per heavy atom. The number of ether oxygens (including phenoxy) is 3. The standard InChI is InChI=1S/C12H23O14P/c13-1-4-7(16)10(19)12(3-14,25-4)26-11-9(18)8(17)6(15)5(24-11)2-23-27(20,21)22/h4-11,13-19H,1-3H2,(H2,20,21,22)/t4-,5-,6-,7-,8+,9-,10+,11-,12?/m1/s1. The Labute approximate surface area is 152 Å². The van der Waals surface area contributed by atoms with Gasteiger partial charge in [-0.05, 0) is 0 Å². The molecule has 160 valence electrons. The molecule has 2 aliphatic rings. The molecule has 2 saturated heterocycles. The topological polar surface area (TPSA) is 236 Å². The van der Waals surface area contributed by atoms with Gasteiger partial charge in [0.05, 0.1) is 13.2 Å². The lowest BCUT2D eigenvalue weighted by atomic mass is 9.99. The van der Waals surface area contributed by atoms with Crippen LogP contribution >= 0.6 is 7.82 Å². The molecule has 14 nitrogen and oxygen atoms in total. The first-order valence-electron chi connectivity index (χ1n) is 7.79. The Balaban J connectivity index is 2.16. The number of aliphatic hydroxyl groups is 7. The summed E-state index contributed by atoms with van der Waals surface area (Å²) in [5, 5.41) is 68.3. The van der Waals surface area contributed by atoms with E-state index in [1.165, 1.54) is 0 Å². The van der Waals surface area contributed by atoms with Gasteiger partial charge in [-0.25, -0.2) is 4.57 Å². The third-order valence-corrected chi connectivity index (χ3v) is 4.78. The van der Waals surface area contributed by atoms with Crippen molar-refractivity contribution >= 4 is 7.82 Å². The van der Waals surface area contributed by atoms with Crippen LogP contribution in [0.4, 0.5) is 0 Å². The van der Waals surface area contributed by atoms with Gasteiger partial charge in [-0.3, -0.25) is 4.52 Å². The van der Waals surface area contributed by atoms with Gasteiger partial charge in [0.25, 0.3) is 0 Å². The van der Waals surface area contributed by atoms with E-state index in [4.69, 9.17) is 29.1 Å². The summed E-state index contributed by atoms with van der Waals surface area (Å²) in [6.07, 6.45) is -14.0. The highest BCUT2D eigenvalue weighted by molar-refractivity contribution is 7.46. The van der Waals surface area contributed by atoms with Gasteiger partial charge in [-0.1, -0.05) is 0 Å². The van der Waals surface area contributed by atoms with E-state index < -0.39 is 82.4 Å². The highest BCUT2D eigenvalue weighted by Gasteiger charge is 2.58. The van der Waals surface area contributed by atoms with Crippen LogP contribution in [0.2, 0.25) is 0 Å². The van der Waals surface area contributed by atoms with Crippen LogP contribution < -0.4 is 0 Å². The zero-order valence-electron chi connectivity index (χ0n) is 13.8. The SMILES string of the molecule is O=P(O)(O)OC[C@H]1O[C@H](OC2(CO)O[C@H](CO)[C@@H](O)[C@@H]2O)[C@H](O)[C@@H](O)[C@@H]1O. The van der Waals surface area contributed by atoms with E-state index in [1.54, 1.807) is 0 Å². The van der Waals surface area contributed by atoms with Gasteiger partial charge in [0.2, 0.25) is 5.79 Å². The summed E-state index contributed by atoms with van der Waals surface area (Å²) in [6, 6.07) is 0.